The van der Waals surface area contributed by atoms with Gasteiger partial charge in [0.2, 0.25) is 4.91 Å². The largest absolute Gasteiger partial charge is 0.335 e. The van der Waals surface area contributed by atoms with Gasteiger partial charge in [-0.2, -0.15) is 0 Å². The highest BCUT2D eigenvalue weighted by molar-refractivity contribution is 8.03. The fourth-order valence-electron chi connectivity index (χ4n) is 2.54. The normalized spacial score (nSPS) is 10.7. The summed E-state index contributed by atoms with van der Waals surface area (Å²) < 4.78 is 2.27. The minimum atomic E-state index is 0.504. The van der Waals surface area contributed by atoms with Gasteiger partial charge in [0.1, 0.15) is 23.8 Å². The first-order valence-corrected chi connectivity index (χ1v) is 9.00. The Kier molecular flexibility index (Phi) is 7.19. The molecular formula is C18H21ClN5S+. The number of aromatic nitrogens is 2. The Hall–Kier alpha value is -2.14. The van der Waals surface area contributed by atoms with Gasteiger partial charge in [-0.15, -0.1) is 0 Å². The number of nitrogens with zero attached hydrogens (tertiary/aromatic N) is 5. The first-order chi connectivity index (χ1) is 12.1. The minimum absolute atomic E-state index is 0.504. The Bertz CT molecular complexity index is 833. The smallest absolute Gasteiger partial charge is 0.217 e. The van der Waals surface area contributed by atoms with Crippen molar-refractivity contribution in [1.82, 2.24) is 14.5 Å². The summed E-state index contributed by atoms with van der Waals surface area (Å²) in [4.78, 5) is 8.71. The second-order valence-electron chi connectivity index (χ2n) is 5.39. The van der Waals surface area contributed by atoms with E-state index >= 15 is 0 Å². The second-order valence-corrected chi connectivity index (χ2v) is 6.75. The predicted molar refractivity (Wildman–Crippen MR) is 104 cm³/mol. The summed E-state index contributed by atoms with van der Waals surface area (Å²) in [5.74, 6) is 0. The first-order valence-electron chi connectivity index (χ1n) is 7.75. The summed E-state index contributed by atoms with van der Waals surface area (Å²) in [7, 11) is 1.61. The van der Waals surface area contributed by atoms with Gasteiger partial charge in [-0.05, 0) is 43.2 Å². The van der Waals surface area contributed by atoms with Crippen LogP contribution in [0.25, 0.3) is 0 Å². The van der Waals surface area contributed by atoms with Crippen molar-refractivity contribution in [3.8, 4) is 0 Å². The molecule has 0 aromatic carbocycles. The van der Waals surface area contributed by atoms with Crippen molar-refractivity contribution in [3.05, 3.63) is 70.0 Å². The molecule has 0 bridgehead atoms. The third-order valence-electron chi connectivity index (χ3n) is 3.81. The molecule has 0 saturated carbocycles. The van der Waals surface area contributed by atoms with Crippen LogP contribution in [-0.2, 0) is 13.1 Å². The van der Waals surface area contributed by atoms with E-state index in [4.69, 9.17) is 11.6 Å². The number of pyridine rings is 1. The number of thioether (sulfide) groups is 1. The number of rotatable bonds is 7. The zero-order valence-electron chi connectivity index (χ0n) is 14.6. The topological polar surface area (TPSA) is 56.6 Å². The van der Waals surface area contributed by atoms with Gasteiger partial charge in [-0.25, -0.2) is 0 Å². The van der Waals surface area contributed by atoms with Crippen LogP contribution in [0.4, 0.5) is 0 Å². The number of hydrogen-bond acceptors (Lipinski definition) is 4. The van der Waals surface area contributed by atoms with Crippen molar-refractivity contribution in [1.29, 1.82) is 0 Å². The van der Waals surface area contributed by atoms with Crippen molar-refractivity contribution in [3.63, 3.8) is 0 Å². The molecule has 2 rings (SSSR count). The lowest BCUT2D eigenvalue weighted by Crippen LogP contribution is -2.04. The van der Waals surface area contributed by atoms with E-state index in [1.54, 1.807) is 37.3 Å². The maximum Gasteiger partial charge on any atom is 0.217 e. The van der Waals surface area contributed by atoms with Gasteiger partial charge in [-0.1, -0.05) is 29.9 Å². The van der Waals surface area contributed by atoms with Crippen LogP contribution in [0.2, 0.25) is 0 Å². The van der Waals surface area contributed by atoms with Crippen molar-refractivity contribution in [2.45, 2.75) is 32.0 Å². The van der Waals surface area contributed by atoms with Crippen molar-refractivity contribution < 1.29 is 0 Å². The Labute approximate surface area is 157 Å². The Morgan fingerprint density at radius 1 is 1.40 bits per heavy atom. The van der Waals surface area contributed by atoms with E-state index in [9.17, 15) is 0 Å². The highest BCUT2D eigenvalue weighted by Crippen LogP contribution is 2.35. The van der Waals surface area contributed by atoms with E-state index in [1.807, 2.05) is 12.1 Å². The van der Waals surface area contributed by atoms with Crippen LogP contribution in [0.15, 0.2) is 62.9 Å². The van der Waals surface area contributed by atoms with E-state index in [1.165, 1.54) is 16.7 Å². The van der Waals surface area contributed by atoms with Gasteiger partial charge in [0.05, 0.1) is 5.03 Å². The summed E-state index contributed by atoms with van der Waals surface area (Å²) >= 11 is 7.29. The Balaban J connectivity index is 2.47. The molecule has 0 aliphatic heterocycles. The molecule has 130 valence electrons. The zero-order valence-corrected chi connectivity index (χ0v) is 16.2. The molecule has 0 aliphatic carbocycles. The molecule has 0 amide bonds. The third kappa shape index (κ3) is 4.92. The molecule has 7 heteroatoms. The van der Waals surface area contributed by atoms with Crippen LogP contribution in [0.1, 0.15) is 22.4 Å². The summed E-state index contributed by atoms with van der Waals surface area (Å²) in [6, 6.07) is 4.04. The van der Waals surface area contributed by atoms with E-state index in [2.05, 4.69) is 45.1 Å². The highest BCUT2D eigenvalue weighted by atomic mass is 35.5. The molecular weight excluding hydrogens is 354 g/mol. The summed E-state index contributed by atoms with van der Waals surface area (Å²) in [5.41, 5.74) is 6.16. The molecule has 0 atom stereocenters. The third-order valence-corrected chi connectivity index (χ3v) is 5.05. The van der Waals surface area contributed by atoms with E-state index < -0.39 is 0 Å². The molecule has 25 heavy (non-hydrogen) atoms. The predicted octanol–water partition coefficient (Wildman–Crippen LogP) is 5.01. The average molecular weight is 375 g/mol. The van der Waals surface area contributed by atoms with Crippen LogP contribution in [0.5, 0.6) is 0 Å². The van der Waals surface area contributed by atoms with Gasteiger partial charge in [-0.3, -0.25) is 4.98 Å². The van der Waals surface area contributed by atoms with Crippen LogP contribution in [-0.4, -0.2) is 16.6 Å². The summed E-state index contributed by atoms with van der Waals surface area (Å²) in [6.07, 6.45) is 5.40. The van der Waals surface area contributed by atoms with E-state index in [0.29, 0.717) is 6.54 Å². The Morgan fingerprint density at radius 2 is 2.12 bits per heavy atom. The average Bonchev–Trinajstić information content (AvgIpc) is 2.81. The van der Waals surface area contributed by atoms with Gasteiger partial charge in [0.15, 0.2) is 0 Å². The summed E-state index contributed by atoms with van der Waals surface area (Å²) in [6.45, 7) is 9.52. The quantitative estimate of drug-likeness (QED) is 0.296. The van der Waals surface area contributed by atoms with Crippen molar-refractivity contribution >= 4 is 23.4 Å². The Morgan fingerprint density at radius 3 is 2.76 bits per heavy atom. The lowest BCUT2D eigenvalue weighted by Gasteiger charge is -2.12. The maximum absolute atomic E-state index is 5.69. The van der Waals surface area contributed by atoms with Gasteiger partial charge in [0, 0.05) is 40.6 Å². The standard InChI is InChI=1S/C18H21ClN5S/c1-13(5-8-19)25-18-14(2)17(11-22-23-20-4)15(3)24(18)12-16-6-9-21-10-7-16/h5-10H,1,11-12H2,2-4H3/q+1/b8-5+. The minimum Gasteiger partial charge on any atom is -0.335 e. The maximum atomic E-state index is 5.69. The first kappa shape index (κ1) is 19.2. The van der Waals surface area contributed by atoms with Crippen molar-refractivity contribution in [2.24, 2.45) is 10.2 Å². The second kappa shape index (κ2) is 9.37. The molecule has 0 spiro atoms. The molecule has 0 fully saturated rings. The number of halogens is 1. The lowest BCUT2D eigenvalue weighted by molar-refractivity contribution is 0.702. The van der Waals surface area contributed by atoms with Gasteiger partial charge < -0.3 is 4.57 Å². The summed E-state index contributed by atoms with van der Waals surface area (Å²) in [5, 5.41) is 8.94. The van der Waals surface area contributed by atoms with Gasteiger partial charge >= 0.3 is 0 Å². The SMILES string of the molecule is C=C(/C=C/Cl)Sc1c(C)c(CN=[N+]=NC)c(C)n1Cc1ccncc1. The molecule has 0 saturated heterocycles. The molecule has 2 aromatic rings. The van der Waals surface area contributed by atoms with E-state index in [-0.39, 0.29) is 0 Å². The van der Waals surface area contributed by atoms with E-state index in [0.717, 1.165) is 27.7 Å². The van der Waals surface area contributed by atoms with Crippen LogP contribution in [0, 0.1) is 13.8 Å². The fourth-order valence-corrected chi connectivity index (χ4v) is 3.74. The molecule has 0 N–H and O–H groups in total. The number of hydrogen-bond donors (Lipinski definition) is 0. The van der Waals surface area contributed by atoms with Crippen LogP contribution >= 0.6 is 23.4 Å². The number of allylic oxidation sites excluding steroid dienone is 1. The molecule has 0 aliphatic rings. The van der Waals surface area contributed by atoms with Crippen molar-refractivity contribution in [2.75, 3.05) is 7.05 Å². The van der Waals surface area contributed by atoms with Gasteiger partial charge in [0.25, 0.3) is 0 Å². The highest BCUT2D eigenvalue weighted by Gasteiger charge is 2.19. The fraction of sp³-hybridized carbons (Fsp3) is 0.278. The molecule has 2 aromatic heterocycles. The molecule has 5 nitrogen and oxygen atoms in total. The van der Waals surface area contributed by atoms with Crippen LogP contribution in [0.3, 0.4) is 0 Å². The molecule has 2 heterocycles. The zero-order chi connectivity index (χ0) is 18.2. The molecule has 0 radical (unpaired) electrons. The van der Waals surface area contributed by atoms with Crippen LogP contribution < -0.4 is 4.91 Å². The lowest BCUT2D eigenvalue weighted by atomic mass is 10.2. The molecule has 0 unspecified atom stereocenters. The monoisotopic (exact) mass is 374 g/mol.